The average Bonchev–Trinajstić information content (AvgIpc) is 2.27. The molecule has 15 heavy (non-hydrogen) atoms. The van der Waals surface area contributed by atoms with Crippen molar-refractivity contribution in [2.45, 2.75) is 33.1 Å². The highest BCUT2D eigenvalue weighted by molar-refractivity contribution is 5.42. The highest BCUT2D eigenvalue weighted by atomic mass is 16.5. The molecule has 0 bridgehead atoms. The van der Waals surface area contributed by atoms with Crippen molar-refractivity contribution in [2.75, 3.05) is 13.7 Å². The number of ether oxygens (including phenoxy) is 2. The Morgan fingerprint density at radius 3 is 2.47 bits per heavy atom. The minimum atomic E-state index is 0.740. The van der Waals surface area contributed by atoms with E-state index in [1.54, 1.807) is 7.11 Å². The SMILES string of the molecule is CCCOc1ccc(CCC)cc1OC. The van der Waals surface area contributed by atoms with Gasteiger partial charge in [0, 0.05) is 0 Å². The molecule has 0 spiro atoms. The summed E-state index contributed by atoms with van der Waals surface area (Å²) in [5, 5.41) is 0. The van der Waals surface area contributed by atoms with Crippen molar-refractivity contribution in [3.8, 4) is 11.5 Å². The van der Waals surface area contributed by atoms with Crippen LogP contribution in [-0.2, 0) is 6.42 Å². The van der Waals surface area contributed by atoms with E-state index in [2.05, 4.69) is 26.0 Å². The normalized spacial score (nSPS) is 10.1. The van der Waals surface area contributed by atoms with Crippen LogP contribution in [0.25, 0.3) is 0 Å². The van der Waals surface area contributed by atoms with Crippen LogP contribution < -0.4 is 9.47 Å². The first kappa shape index (κ1) is 11.9. The fourth-order valence-corrected chi connectivity index (χ4v) is 1.49. The lowest BCUT2D eigenvalue weighted by Crippen LogP contribution is -1.98. The summed E-state index contributed by atoms with van der Waals surface area (Å²) < 4.78 is 10.9. The van der Waals surface area contributed by atoms with E-state index < -0.39 is 0 Å². The van der Waals surface area contributed by atoms with E-state index in [1.165, 1.54) is 5.56 Å². The third-order valence-electron chi connectivity index (χ3n) is 2.23. The molecule has 1 aromatic carbocycles. The molecule has 0 saturated heterocycles. The molecule has 0 aliphatic rings. The zero-order valence-corrected chi connectivity index (χ0v) is 9.88. The van der Waals surface area contributed by atoms with Crippen molar-refractivity contribution in [1.29, 1.82) is 0 Å². The van der Waals surface area contributed by atoms with E-state index in [1.807, 2.05) is 6.07 Å². The lowest BCUT2D eigenvalue weighted by Gasteiger charge is -2.11. The summed E-state index contributed by atoms with van der Waals surface area (Å²) in [4.78, 5) is 0. The van der Waals surface area contributed by atoms with Gasteiger partial charge in [0.25, 0.3) is 0 Å². The molecule has 0 aliphatic heterocycles. The summed E-state index contributed by atoms with van der Waals surface area (Å²) >= 11 is 0. The molecular weight excluding hydrogens is 188 g/mol. The van der Waals surface area contributed by atoms with Gasteiger partial charge in [-0.25, -0.2) is 0 Å². The maximum atomic E-state index is 5.59. The van der Waals surface area contributed by atoms with E-state index in [4.69, 9.17) is 9.47 Å². The second kappa shape index (κ2) is 6.33. The number of hydrogen-bond acceptors (Lipinski definition) is 2. The van der Waals surface area contributed by atoms with Crippen molar-refractivity contribution < 1.29 is 9.47 Å². The van der Waals surface area contributed by atoms with Gasteiger partial charge in [-0.2, -0.15) is 0 Å². The molecule has 1 rings (SSSR count). The molecule has 0 radical (unpaired) electrons. The summed E-state index contributed by atoms with van der Waals surface area (Å²) in [6.45, 7) is 5.01. The Hall–Kier alpha value is -1.18. The monoisotopic (exact) mass is 208 g/mol. The Bertz CT molecular complexity index is 295. The van der Waals surface area contributed by atoms with Gasteiger partial charge in [-0.05, 0) is 30.5 Å². The Morgan fingerprint density at radius 1 is 1.07 bits per heavy atom. The summed E-state index contributed by atoms with van der Waals surface area (Å²) in [5.41, 5.74) is 1.30. The van der Waals surface area contributed by atoms with Crippen LogP contribution in [0.4, 0.5) is 0 Å². The summed E-state index contributed by atoms with van der Waals surface area (Å²) in [6.07, 6.45) is 3.25. The van der Waals surface area contributed by atoms with Gasteiger partial charge in [0.2, 0.25) is 0 Å². The minimum Gasteiger partial charge on any atom is -0.493 e. The molecular formula is C13H20O2. The Kier molecular flexibility index (Phi) is 5.02. The van der Waals surface area contributed by atoms with E-state index in [-0.39, 0.29) is 0 Å². The first-order chi connectivity index (χ1) is 7.31. The molecule has 2 nitrogen and oxygen atoms in total. The van der Waals surface area contributed by atoms with E-state index >= 15 is 0 Å². The zero-order chi connectivity index (χ0) is 11.1. The number of aryl methyl sites for hydroxylation is 1. The van der Waals surface area contributed by atoms with Gasteiger partial charge in [-0.1, -0.05) is 26.3 Å². The predicted octanol–water partition coefficient (Wildman–Crippen LogP) is 3.44. The van der Waals surface area contributed by atoms with Gasteiger partial charge in [-0.3, -0.25) is 0 Å². The Morgan fingerprint density at radius 2 is 1.87 bits per heavy atom. The number of hydrogen-bond donors (Lipinski definition) is 0. The molecule has 0 amide bonds. The van der Waals surface area contributed by atoms with Crippen LogP contribution in [0.15, 0.2) is 18.2 Å². The van der Waals surface area contributed by atoms with E-state index in [9.17, 15) is 0 Å². The largest absolute Gasteiger partial charge is 0.493 e. The zero-order valence-electron chi connectivity index (χ0n) is 9.88. The number of rotatable bonds is 6. The topological polar surface area (TPSA) is 18.5 Å². The quantitative estimate of drug-likeness (QED) is 0.713. The second-order valence-electron chi connectivity index (χ2n) is 3.58. The maximum Gasteiger partial charge on any atom is 0.161 e. The Labute approximate surface area is 92.2 Å². The average molecular weight is 208 g/mol. The number of methoxy groups -OCH3 is 1. The fraction of sp³-hybridized carbons (Fsp3) is 0.538. The van der Waals surface area contributed by atoms with Gasteiger partial charge >= 0.3 is 0 Å². The van der Waals surface area contributed by atoms with Crippen LogP contribution in [0.5, 0.6) is 11.5 Å². The van der Waals surface area contributed by atoms with Gasteiger partial charge < -0.3 is 9.47 Å². The van der Waals surface area contributed by atoms with Crippen molar-refractivity contribution >= 4 is 0 Å². The second-order valence-corrected chi connectivity index (χ2v) is 3.58. The lowest BCUT2D eigenvalue weighted by molar-refractivity contribution is 0.294. The van der Waals surface area contributed by atoms with Crippen molar-refractivity contribution in [2.24, 2.45) is 0 Å². The molecule has 84 valence electrons. The van der Waals surface area contributed by atoms with Gasteiger partial charge in [0.05, 0.1) is 13.7 Å². The highest BCUT2D eigenvalue weighted by Crippen LogP contribution is 2.28. The van der Waals surface area contributed by atoms with Crippen LogP contribution in [-0.4, -0.2) is 13.7 Å². The van der Waals surface area contributed by atoms with Crippen molar-refractivity contribution in [3.63, 3.8) is 0 Å². The van der Waals surface area contributed by atoms with E-state index in [0.717, 1.165) is 37.4 Å². The molecule has 2 heteroatoms. The maximum absolute atomic E-state index is 5.59. The summed E-state index contributed by atoms with van der Waals surface area (Å²) in [7, 11) is 1.68. The predicted molar refractivity (Wildman–Crippen MR) is 62.8 cm³/mol. The smallest absolute Gasteiger partial charge is 0.161 e. The minimum absolute atomic E-state index is 0.740. The number of benzene rings is 1. The van der Waals surface area contributed by atoms with Crippen molar-refractivity contribution in [1.82, 2.24) is 0 Å². The fourth-order valence-electron chi connectivity index (χ4n) is 1.49. The Balaban J connectivity index is 2.78. The van der Waals surface area contributed by atoms with Crippen LogP contribution in [0.3, 0.4) is 0 Å². The third kappa shape index (κ3) is 3.46. The molecule has 0 N–H and O–H groups in total. The van der Waals surface area contributed by atoms with Gasteiger partial charge in [-0.15, -0.1) is 0 Å². The van der Waals surface area contributed by atoms with E-state index in [0.29, 0.717) is 0 Å². The molecule has 0 aromatic heterocycles. The molecule has 0 atom stereocenters. The van der Waals surface area contributed by atoms with Gasteiger partial charge in [0.15, 0.2) is 11.5 Å². The van der Waals surface area contributed by atoms with Crippen LogP contribution in [0.2, 0.25) is 0 Å². The summed E-state index contributed by atoms with van der Waals surface area (Å²) in [5.74, 6) is 1.69. The highest BCUT2D eigenvalue weighted by Gasteiger charge is 2.04. The standard InChI is InChI=1S/C13H20O2/c1-4-6-11-7-8-12(15-9-5-2)13(10-11)14-3/h7-8,10H,4-6,9H2,1-3H3. The van der Waals surface area contributed by atoms with Gasteiger partial charge in [0.1, 0.15) is 0 Å². The van der Waals surface area contributed by atoms with Crippen molar-refractivity contribution in [3.05, 3.63) is 23.8 Å². The van der Waals surface area contributed by atoms with Crippen LogP contribution in [0, 0.1) is 0 Å². The third-order valence-corrected chi connectivity index (χ3v) is 2.23. The molecule has 0 fully saturated rings. The first-order valence-corrected chi connectivity index (χ1v) is 5.61. The molecule has 0 unspecified atom stereocenters. The lowest BCUT2D eigenvalue weighted by atomic mass is 10.1. The van der Waals surface area contributed by atoms with Crippen LogP contribution >= 0.6 is 0 Å². The molecule has 0 saturated carbocycles. The first-order valence-electron chi connectivity index (χ1n) is 5.61. The summed E-state index contributed by atoms with van der Waals surface area (Å²) in [6, 6.07) is 6.17. The molecule has 0 aliphatic carbocycles. The van der Waals surface area contributed by atoms with Crippen LogP contribution in [0.1, 0.15) is 32.3 Å². The molecule has 0 heterocycles. The molecule has 1 aromatic rings.